The van der Waals surface area contributed by atoms with E-state index < -0.39 is 5.54 Å². The van der Waals surface area contributed by atoms with Crippen LogP contribution in [0.25, 0.3) is 0 Å². The summed E-state index contributed by atoms with van der Waals surface area (Å²) >= 11 is 3.27. The molecular weight excluding hydrogens is 321 g/mol. The molecule has 0 bridgehead atoms. The topological polar surface area (TPSA) is 20.3 Å². The highest BCUT2D eigenvalue weighted by Gasteiger charge is 2.34. The van der Waals surface area contributed by atoms with Crippen LogP contribution < -0.4 is 0 Å². The van der Waals surface area contributed by atoms with E-state index in [1.165, 1.54) is 18.6 Å². The first kappa shape index (κ1) is 15.6. The summed E-state index contributed by atoms with van der Waals surface area (Å²) in [7, 11) is 0. The van der Waals surface area contributed by atoms with E-state index in [0.717, 1.165) is 31.5 Å². The van der Waals surface area contributed by atoms with Gasteiger partial charge in [0.2, 0.25) is 0 Å². The third-order valence-electron chi connectivity index (χ3n) is 4.12. The summed E-state index contributed by atoms with van der Waals surface area (Å²) in [6.45, 7) is 5.92. The van der Waals surface area contributed by atoms with Gasteiger partial charge in [-0.1, -0.05) is 22.4 Å². The van der Waals surface area contributed by atoms with Crippen molar-refractivity contribution < 1.29 is 9.18 Å². The summed E-state index contributed by atoms with van der Waals surface area (Å²) in [5.74, 6) is -0.158. The molecule has 0 aromatic heterocycles. The van der Waals surface area contributed by atoms with Gasteiger partial charge in [0.25, 0.3) is 0 Å². The Morgan fingerprint density at radius 3 is 2.50 bits per heavy atom. The quantitative estimate of drug-likeness (QED) is 0.825. The molecule has 0 aliphatic carbocycles. The molecule has 0 spiro atoms. The molecule has 1 aromatic rings. The first-order valence-corrected chi connectivity index (χ1v) is 7.92. The van der Waals surface area contributed by atoms with Crippen molar-refractivity contribution in [3.05, 3.63) is 34.1 Å². The van der Waals surface area contributed by atoms with Gasteiger partial charge in [-0.05, 0) is 63.5 Å². The Morgan fingerprint density at radius 1 is 1.25 bits per heavy atom. The fourth-order valence-electron chi connectivity index (χ4n) is 2.74. The Morgan fingerprint density at radius 2 is 1.90 bits per heavy atom. The van der Waals surface area contributed by atoms with Crippen LogP contribution in [-0.2, 0) is 11.2 Å². The van der Waals surface area contributed by atoms with Gasteiger partial charge in [-0.2, -0.15) is 0 Å². The van der Waals surface area contributed by atoms with Crippen LogP contribution in [0.3, 0.4) is 0 Å². The minimum atomic E-state index is -0.473. The van der Waals surface area contributed by atoms with E-state index in [0.29, 0.717) is 4.47 Å². The Bertz CT molecular complexity index is 475. The molecule has 1 fully saturated rings. The maximum absolute atomic E-state index is 13.4. The van der Waals surface area contributed by atoms with Crippen LogP contribution in [0.4, 0.5) is 4.39 Å². The van der Waals surface area contributed by atoms with Crippen molar-refractivity contribution in [3.8, 4) is 0 Å². The number of piperidine rings is 1. The zero-order valence-corrected chi connectivity index (χ0v) is 13.7. The summed E-state index contributed by atoms with van der Waals surface area (Å²) in [6.07, 6.45) is 3.84. The molecule has 4 heteroatoms. The molecule has 0 N–H and O–H groups in total. The number of rotatable bonds is 4. The predicted octanol–water partition coefficient (Wildman–Crippen LogP) is 3.96. The maximum Gasteiger partial charge on any atom is 0.156 e. The molecule has 1 aliphatic rings. The van der Waals surface area contributed by atoms with Crippen molar-refractivity contribution >= 4 is 21.7 Å². The number of halogens is 2. The van der Waals surface area contributed by atoms with Crippen molar-refractivity contribution in [2.45, 2.75) is 45.1 Å². The zero-order chi connectivity index (χ0) is 14.8. The minimum Gasteiger partial charge on any atom is -0.297 e. The SMILES string of the molecule is CC(C)(C(=O)Cc1cc(F)cc(Br)c1)N1CCCCC1. The van der Waals surface area contributed by atoms with Gasteiger partial charge < -0.3 is 0 Å². The normalized spacial score (nSPS) is 17.2. The molecule has 1 aromatic carbocycles. The first-order chi connectivity index (χ1) is 9.39. The fraction of sp³-hybridized carbons (Fsp3) is 0.562. The number of Topliss-reactive ketones (excluding diaryl/α,β-unsaturated/α-hetero) is 1. The predicted molar refractivity (Wildman–Crippen MR) is 82.3 cm³/mol. The summed E-state index contributed by atoms with van der Waals surface area (Å²) in [4.78, 5) is 14.8. The standard InChI is InChI=1S/C16H21BrFNO/c1-16(2,19-6-4-3-5-7-19)15(20)10-12-8-13(17)11-14(18)9-12/h8-9,11H,3-7,10H2,1-2H3. The lowest BCUT2D eigenvalue weighted by Crippen LogP contribution is -2.52. The average Bonchev–Trinajstić information content (AvgIpc) is 2.38. The average molecular weight is 342 g/mol. The summed E-state index contributed by atoms with van der Waals surface area (Å²) in [6, 6.07) is 4.66. The van der Waals surface area contributed by atoms with Crippen molar-refractivity contribution in [1.29, 1.82) is 0 Å². The van der Waals surface area contributed by atoms with Gasteiger partial charge in [-0.15, -0.1) is 0 Å². The van der Waals surface area contributed by atoms with Crippen LogP contribution in [0.2, 0.25) is 0 Å². The number of likely N-dealkylation sites (tertiary alicyclic amines) is 1. The molecule has 2 rings (SSSR count). The molecular formula is C16H21BrFNO. The van der Waals surface area contributed by atoms with E-state index in [1.807, 2.05) is 19.9 Å². The van der Waals surface area contributed by atoms with Crippen LogP contribution >= 0.6 is 15.9 Å². The number of carbonyl (C=O) groups is 1. The largest absolute Gasteiger partial charge is 0.297 e. The first-order valence-electron chi connectivity index (χ1n) is 7.13. The van der Waals surface area contributed by atoms with Crippen LogP contribution in [0.5, 0.6) is 0 Å². The van der Waals surface area contributed by atoms with Crippen LogP contribution in [0.1, 0.15) is 38.7 Å². The molecule has 0 amide bonds. The molecule has 0 radical (unpaired) electrons. The lowest BCUT2D eigenvalue weighted by atomic mass is 9.90. The van der Waals surface area contributed by atoms with Gasteiger partial charge in [0.1, 0.15) is 5.82 Å². The molecule has 2 nitrogen and oxygen atoms in total. The van der Waals surface area contributed by atoms with Crippen molar-refractivity contribution in [2.24, 2.45) is 0 Å². The number of benzene rings is 1. The second kappa shape index (κ2) is 6.35. The fourth-order valence-corrected chi connectivity index (χ4v) is 3.26. The van der Waals surface area contributed by atoms with Gasteiger partial charge in [0.15, 0.2) is 5.78 Å². The van der Waals surface area contributed by atoms with E-state index in [4.69, 9.17) is 0 Å². The van der Waals surface area contributed by atoms with E-state index in [9.17, 15) is 9.18 Å². The van der Waals surface area contributed by atoms with E-state index in [2.05, 4.69) is 20.8 Å². The minimum absolute atomic E-state index is 0.150. The van der Waals surface area contributed by atoms with Gasteiger partial charge in [0.05, 0.1) is 5.54 Å². The lowest BCUT2D eigenvalue weighted by molar-refractivity contribution is -0.129. The van der Waals surface area contributed by atoms with Crippen molar-refractivity contribution in [3.63, 3.8) is 0 Å². The zero-order valence-electron chi connectivity index (χ0n) is 12.1. The molecule has 20 heavy (non-hydrogen) atoms. The van der Waals surface area contributed by atoms with Gasteiger partial charge in [-0.25, -0.2) is 4.39 Å². The molecule has 0 atom stereocenters. The molecule has 0 unspecified atom stereocenters. The van der Waals surface area contributed by atoms with Crippen molar-refractivity contribution in [1.82, 2.24) is 4.90 Å². The highest BCUT2D eigenvalue weighted by molar-refractivity contribution is 9.10. The second-order valence-corrected chi connectivity index (χ2v) is 6.90. The van der Waals surface area contributed by atoms with Crippen molar-refractivity contribution in [2.75, 3.05) is 13.1 Å². The monoisotopic (exact) mass is 341 g/mol. The highest BCUT2D eigenvalue weighted by atomic mass is 79.9. The summed E-state index contributed by atoms with van der Waals surface area (Å²) < 4.78 is 14.1. The molecule has 1 heterocycles. The maximum atomic E-state index is 13.4. The molecule has 1 saturated heterocycles. The summed E-state index contributed by atoms with van der Waals surface area (Å²) in [5.41, 5.74) is 0.256. The second-order valence-electron chi connectivity index (χ2n) is 5.98. The van der Waals surface area contributed by atoms with Crippen LogP contribution in [-0.4, -0.2) is 29.3 Å². The Labute approximate surface area is 128 Å². The van der Waals surface area contributed by atoms with E-state index in [-0.39, 0.29) is 18.0 Å². The van der Waals surface area contributed by atoms with Gasteiger partial charge in [-0.3, -0.25) is 9.69 Å². The van der Waals surface area contributed by atoms with Gasteiger partial charge >= 0.3 is 0 Å². The van der Waals surface area contributed by atoms with Crippen LogP contribution in [0.15, 0.2) is 22.7 Å². The Hall–Kier alpha value is -0.740. The van der Waals surface area contributed by atoms with Crippen LogP contribution in [0, 0.1) is 5.82 Å². The Balaban J connectivity index is 2.09. The summed E-state index contributed by atoms with van der Waals surface area (Å²) in [5, 5.41) is 0. The highest BCUT2D eigenvalue weighted by Crippen LogP contribution is 2.24. The number of hydrogen-bond donors (Lipinski definition) is 0. The lowest BCUT2D eigenvalue weighted by Gasteiger charge is -2.39. The smallest absolute Gasteiger partial charge is 0.156 e. The van der Waals surface area contributed by atoms with Gasteiger partial charge in [0, 0.05) is 10.9 Å². The third-order valence-corrected chi connectivity index (χ3v) is 4.57. The Kier molecular flexibility index (Phi) is 4.97. The number of hydrogen-bond acceptors (Lipinski definition) is 2. The number of carbonyl (C=O) groups excluding carboxylic acids is 1. The number of ketones is 1. The molecule has 1 aliphatic heterocycles. The third kappa shape index (κ3) is 3.67. The van der Waals surface area contributed by atoms with E-state index >= 15 is 0 Å². The number of nitrogens with zero attached hydrogens (tertiary/aromatic N) is 1. The van der Waals surface area contributed by atoms with E-state index in [1.54, 1.807) is 0 Å². The molecule has 110 valence electrons. The molecule has 0 saturated carbocycles.